The highest BCUT2D eigenvalue weighted by atomic mass is 79.9. The number of benzene rings is 1. The van der Waals surface area contributed by atoms with Crippen molar-refractivity contribution >= 4 is 26.8 Å². The number of ether oxygens (including phenoxy) is 1. The zero-order valence-corrected chi connectivity index (χ0v) is 13.3. The van der Waals surface area contributed by atoms with E-state index in [0.717, 1.165) is 40.4 Å². The first-order chi connectivity index (χ1) is 9.60. The molecular formula is C15H19BrN2O2. The zero-order valence-electron chi connectivity index (χ0n) is 11.7. The molecule has 0 saturated heterocycles. The van der Waals surface area contributed by atoms with Gasteiger partial charge in [0.2, 0.25) is 0 Å². The summed E-state index contributed by atoms with van der Waals surface area (Å²) in [5.41, 5.74) is 0.928. The summed E-state index contributed by atoms with van der Waals surface area (Å²) in [6.45, 7) is 2.11. The molecule has 0 aliphatic heterocycles. The van der Waals surface area contributed by atoms with E-state index >= 15 is 0 Å². The highest BCUT2D eigenvalue weighted by molar-refractivity contribution is 9.10. The topological polar surface area (TPSA) is 47.3 Å². The number of aliphatic hydroxyl groups excluding tert-OH is 1. The Morgan fingerprint density at radius 3 is 2.95 bits per heavy atom. The Balaban J connectivity index is 2.00. The molecule has 1 saturated carbocycles. The Hall–Kier alpha value is -1.07. The first-order valence-corrected chi connectivity index (χ1v) is 7.80. The van der Waals surface area contributed by atoms with Gasteiger partial charge in [0.15, 0.2) is 0 Å². The summed E-state index contributed by atoms with van der Waals surface area (Å²) in [5.74, 6) is 1.03. The van der Waals surface area contributed by atoms with Gasteiger partial charge in [-0.05, 0) is 41.3 Å². The summed E-state index contributed by atoms with van der Waals surface area (Å²) in [6, 6.07) is 4.25. The van der Waals surface area contributed by atoms with Crippen molar-refractivity contribution in [2.45, 2.75) is 38.3 Å². The molecule has 1 aliphatic carbocycles. The largest absolute Gasteiger partial charge is 0.495 e. The minimum Gasteiger partial charge on any atom is -0.495 e. The number of rotatable bonds is 2. The maximum Gasteiger partial charge on any atom is 0.135 e. The van der Waals surface area contributed by atoms with E-state index in [9.17, 15) is 5.11 Å². The molecule has 4 nitrogen and oxygen atoms in total. The van der Waals surface area contributed by atoms with Gasteiger partial charge < -0.3 is 9.84 Å². The van der Waals surface area contributed by atoms with Gasteiger partial charge in [0.05, 0.1) is 29.2 Å². The Morgan fingerprint density at radius 2 is 2.20 bits per heavy atom. The van der Waals surface area contributed by atoms with E-state index in [1.165, 1.54) is 0 Å². The molecular weight excluding hydrogens is 320 g/mol. The number of hydrogen-bond acceptors (Lipinski definition) is 3. The van der Waals surface area contributed by atoms with Crippen LogP contribution in [0.2, 0.25) is 0 Å². The van der Waals surface area contributed by atoms with Gasteiger partial charge in [0.1, 0.15) is 5.75 Å². The number of nitrogens with zero attached hydrogens (tertiary/aromatic N) is 2. The summed E-state index contributed by atoms with van der Waals surface area (Å²) in [6.07, 6.45) is 4.88. The molecule has 0 spiro atoms. The van der Waals surface area contributed by atoms with E-state index in [-0.39, 0.29) is 18.1 Å². The van der Waals surface area contributed by atoms with Crippen molar-refractivity contribution in [1.82, 2.24) is 9.78 Å². The lowest BCUT2D eigenvalue weighted by molar-refractivity contribution is 0.0430. The van der Waals surface area contributed by atoms with Crippen LogP contribution < -0.4 is 4.74 Å². The molecule has 1 fully saturated rings. The van der Waals surface area contributed by atoms with Crippen molar-refractivity contribution in [1.29, 1.82) is 0 Å². The highest BCUT2D eigenvalue weighted by Crippen LogP contribution is 2.35. The number of aliphatic hydroxyl groups is 1. The smallest absolute Gasteiger partial charge is 0.135 e. The lowest BCUT2D eigenvalue weighted by Gasteiger charge is -2.33. The molecule has 20 heavy (non-hydrogen) atoms. The molecule has 1 N–H and O–H groups in total. The number of hydrogen-bond donors (Lipinski definition) is 1. The van der Waals surface area contributed by atoms with E-state index in [1.54, 1.807) is 7.11 Å². The van der Waals surface area contributed by atoms with Gasteiger partial charge in [0, 0.05) is 23.6 Å². The second-order valence-corrected chi connectivity index (χ2v) is 6.43. The van der Waals surface area contributed by atoms with Gasteiger partial charge in [-0.2, -0.15) is 5.10 Å². The molecule has 3 unspecified atom stereocenters. The minimum atomic E-state index is -0.220. The SMILES string of the molecule is COc1cc2nn(C3CCCC(O)C3C)cc2cc1Br. The number of fused-ring (bicyclic) bond motifs is 1. The monoisotopic (exact) mass is 338 g/mol. The van der Waals surface area contributed by atoms with Gasteiger partial charge in [-0.3, -0.25) is 4.68 Å². The second-order valence-electron chi connectivity index (χ2n) is 5.58. The lowest BCUT2D eigenvalue weighted by Crippen LogP contribution is -2.32. The summed E-state index contributed by atoms with van der Waals surface area (Å²) >= 11 is 3.50. The van der Waals surface area contributed by atoms with Crippen LogP contribution in [-0.2, 0) is 0 Å². The van der Waals surface area contributed by atoms with Crippen molar-refractivity contribution in [3.05, 3.63) is 22.8 Å². The fourth-order valence-electron chi connectivity index (χ4n) is 3.06. The quantitative estimate of drug-likeness (QED) is 0.911. The third-order valence-electron chi connectivity index (χ3n) is 4.35. The average Bonchev–Trinajstić information content (AvgIpc) is 2.83. The molecule has 3 rings (SSSR count). The van der Waals surface area contributed by atoms with Crippen LogP contribution in [-0.4, -0.2) is 28.1 Å². The predicted molar refractivity (Wildman–Crippen MR) is 82.0 cm³/mol. The molecule has 1 heterocycles. The van der Waals surface area contributed by atoms with Crippen LogP contribution in [0.4, 0.5) is 0 Å². The van der Waals surface area contributed by atoms with Crippen molar-refractivity contribution in [2.24, 2.45) is 5.92 Å². The molecule has 108 valence electrons. The Labute approximate surface area is 126 Å². The van der Waals surface area contributed by atoms with Gasteiger partial charge in [0.25, 0.3) is 0 Å². The van der Waals surface area contributed by atoms with Crippen LogP contribution in [0, 0.1) is 5.92 Å². The zero-order chi connectivity index (χ0) is 14.3. The molecule has 0 radical (unpaired) electrons. The number of methoxy groups -OCH3 is 1. The molecule has 3 atom stereocenters. The van der Waals surface area contributed by atoms with E-state index in [1.807, 2.05) is 16.8 Å². The Morgan fingerprint density at radius 1 is 1.40 bits per heavy atom. The summed E-state index contributed by atoms with van der Waals surface area (Å²) in [5, 5.41) is 15.8. The molecule has 2 aromatic rings. The maximum atomic E-state index is 10.0. The number of halogens is 1. The highest BCUT2D eigenvalue weighted by Gasteiger charge is 2.30. The molecule has 0 bridgehead atoms. The third-order valence-corrected chi connectivity index (χ3v) is 4.97. The van der Waals surface area contributed by atoms with Crippen LogP contribution in [0.15, 0.2) is 22.8 Å². The van der Waals surface area contributed by atoms with Gasteiger partial charge >= 0.3 is 0 Å². The van der Waals surface area contributed by atoms with Gasteiger partial charge in [-0.1, -0.05) is 6.92 Å². The van der Waals surface area contributed by atoms with Crippen LogP contribution in [0.5, 0.6) is 5.75 Å². The summed E-state index contributed by atoms with van der Waals surface area (Å²) in [4.78, 5) is 0. The first kappa shape index (κ1) is 13.9. The Bertz CT molecular complexity index is 626. The van der Waals surface area contributed by atoms with Crippen LogP contribution >= 0.6 is 15.9 Å². The molecule has 1 aromatic carbocycles. The predicted octanol–water partition coefficient (Wildman–Crippen LogP) is 3.53. The van der Waals surface area contributed by atoms with Gasteiger partial charge in [-0.15, -0.1) is 0 Å². The summed E-state index contributed by atoms with van der Waals surface area (Å²) in [7, 11) is 1.66. The minimum absolute atomic E-state index is 0.220. The van der Waals surface area contributed by atoms with E-state index in [4.69, 9.17) is 4.74 Å². The Kier molecular flexibility index (Phi) is 3.73. The van der Waals surface area contributed by atoms with Crippen LogP contribution in [0.25, 0.3) is 10.9 Å². The van der Waals surface area contributed by atoms with Gasteiger partial charge in [-0.25, -0.2) is 0 Å². The average molecular weight is 339 g/mol. The lowest BCUT2D eigenvalue weighted by atomic mass is 9.83. The second kappa shape index (κ2) is 5.37. The van der Waals surface area contributed by atoms with Crippen molar-refractivity contribution in [2.75, 3.05) is 7.11 Å². The maximum absolute atomic E-state index is 10.0. The first-order valence-electron chi connectivity index (χ1n) is 7.00. The number of aromatic nitrogens is 2. The molecule has 1 aliphatic rings. The molecule has 0 amide bonds. The third kappa shape index (κ3) is 2.33. The fourth-order valence-corrected chi connectivity index (χ4v) is 3.58. The van der Waals surface area contributed by atoms with E-state index in [2.05, 4.69) is 34.1 Å². The molecule has 1 aromatic heterocycles. The summed E-state index contributed by atoms with van der Waals surface area (Å²) < 4.78 is 8.26. The van der Waals surface area contributed by atoms with Crippen LogP contribution in [0.3, 0.4) is 0 Å². The molecule has 5 heteroatoms. The van der Waals surface area contributed by atoms with Crippen molar-refractivity contribution in [3.8, 4) is 5.75 Å². The standard InChI is InChI=1S/C15H19BrN2O2/c1-9-13(4-3-5-14(9)19)18-8-10-6-11(16)15(20-2)7-12(10)17-18/h6-9,13-14,19H,3-5H2,1-2H3. The van der Waals surface area contributed by atoms with Crippen molar-refractivity contribution < 1.29 is 9.84 Å². The normalized spacial score (nSPS) is 26.9. The van der Waals surface area contributed by atoms with E-state index in [0.29, 0.717) is 0 Å². The van der Waals surface area contributed by atoms with Crippen molar-refractivity contribution in [3.63, 3.8) is 0 Å². The van der Waals surface area contributed by atoms with E-state index < -0.39 is 0 Å². The fraction of sp³-hybridized carbons (Fsp3) is 0.533. The van der Waals surface area contributed by atoms with Crippen LogP contribution in [0.1, 0.15) is 32.2 Å².